The molecule has 1 aromatic heterocycles. The molecule has 3 aromatic rings. The van der Waals surface area contributed by atoms with Crippen molar-refractivity contribution in [3.05, 3.63) is 78.5 Å². The number of halogens is 3. The number of alkyl halides is 3. The second kappa shape index (κ2) is 9.71. The van der Waals surface area contributed by atoms with E-state index < -0.39 is 30.1 Å². The molecule has 1 saturated heterocycles. The molecule has 35 heavy (non-hydrogen) atoms. The molecule has 12 heteroatoms. The predicted octanol–water partition coefficient (Wildman–Crippen LogP) is 4.59. The van der Waals surface area contributed by atoms with Gasteiger partial charge in [0.05, 0.1) is 5.69 Å². The lowest BCUT2D eigenvalue weighted by Gasteiger charge is -2.18. The smallest absolute Gasteiger partial charge is 0.406 e. The van der Waals surface area contributed by atoms with E-state index in [1.807, 2.05) is 6.07 Å². The van der Waals surface area contributed by atoms with Crippen molar-refractivity contribution in [2.24, 2.45) is 0 Å². The van der Waals surface area contributed by atoms with Crippen molar-refractivity contribution < 1.29 is 32.3 Å². The second-order valence-corrected chi connectivity index (χ2v) is 7.40. The number of urea groups is 2. The first-order chi connectivity index (χ1) is 16.7. The number of nitrogens with zero attached hydrogens (tertiary/aromatic N) is 3. The molecule has 1 fully saturated rings. The van der Waals surface area contributed by atoms with Gasteiger partial charge in [0.25, 0.3) is 5.91 Å². The first kappa shape index (κ1) is 23.5. The highest BCUT2D eigenvalue weighted by Gasteiger charge is 2.37. The molecule has 1 aliphatic heterocycles. The molecule has 0 spiro atoms. The summed E-state index contributed by atoms with van der Waals surface area (Å²) in [5, 5.41) is 5.26. The van der Waals surface area contributed by atoms with Crippen LogP contribution in [0.1, 0.15) is 5.56 Å². The van der Waals surface area contributed by atoms with Crippen molar-refractivity contribution in [1.29, 1.82) is 0 Å². The number of para-hydroxylation sites is 1. The monoisotopic (exact) mass is 485 g/mol. The Morgan fingerprint density at radius 3 is 2.40 bits per heavy atom. The molecule has 4 rings (SSSR count). The maximum absolute atomic E-state index is 12.8. The number of hydrogen-bond acceptors (Lipinski definition) is 5. The number of benzene rings is 2. The van der Waals surface area contributed by atoms with Crippen molar-refractivity contribution >= 4 is 35.2 Å². The van der Waals surface area contributed by atoms with E-state index in [1.54, 1.807) is 36.4 Å². The maximum atomic E-state index is 12.8. The molecule has 0 unspecified atom stereocenters. The van der Waals surface area contributed by atoms with Crippen LogP contribution in [0.3, 0.4) is 0 Å². The van der Waals surface area contributed by atoms with Gasteiger partial charge in [0.2, 0.25) is 0 Å². The molecule has 2 aromatic carbocycles. The third-order valence-corrected chi connectivity index (χ3v) is 4.84. The van der Waals surface area contributed by atoms with Gasteiger partial charge in [0.15, 0.2) is 0 Å². The van der Waals surface area contributed by atoms with Crippen molar-refractivity contribution in [3.63, 3.8) is 0 Å². The molecule has 0 radical (unpaired) electrons. The van der Waals surface area contributed by atoms with Gasteiger partial charge in [-0.2, -0.15) is 0 Å². The minimum absolute atomic E-state index is 0.0495. The average molecular weight is 485 g/mol. The third-order valence-electron chi connectivity index (χ3n) is 4.84. The summed E-state index contributed by atoms with van der Waals surface area (Å²) in [5.74, 6) is -0.759. The normalized spacial score (nSPS) is 13.7. The fourth-order valence-corrected chi connectivity index (χ4v) is 3.39. The van der Waals surface area contributed by atoms with Crippen LogP contribution in [0.4, 0.5) is 40.0 Å². The van der Waals surface area contributed by atoms with Crippen LogP contribution in [0.5, 0.6) is 5.75 Å². The van der Waals surface area contributed by atoms with Gasteiger partial charge in [0.1, 0.15) is 18.1 Å². The van der Waals surface area contributed by atoms with Crippen molar-refractivity contribution in [2.75, 3.05) is 22.1 Å². The largest absolute Gasteiger partial charge is 0.573 e. The Morgan fingerprint density at radius 2 is 1.71 bits per heavy atom. The number of aromatic nitrogens is 1. The molecule has 0 aliphatic carbocycles. The highest BCUT2D eigenvalue weighted by atomic mass is 19.4. The highest BCUT2D eigenvalue weighted by Crippen LogP contribution is 2.28. The Bertz CT molecular complexity index is 1240. The van der Waals surface area contributed by atoms with Crippen LogP contribution in [0, 0.1) is 0 Å². The van der Waals surface area contributed by atoms with Crippen molar-refractivity contribution in [3.8, 4) is 5.75 Å². The van der Waals surface area contributed by atoms with Crippen molar-refractivity contribution in [2.45, 2.75) is 12.9 Å². The summed E-state index contributed by atoms with van der Waals surface area (Å²) in [6.45, 7) is -0.174. The minimum atomic E-state index is -4.85. The minimum Gasteiger partial charge on any atom is -0.406 e. The molecular formula is C23H18F3N5O4. The molecule has 1 aliphatic rings. The maximum Gasteiger partial charge on any atom is 0.573 e. The number of imide groups is 1. The van der Waals surface area contributed by atoms with E-state index in [0.717, 1.165) is 17.0 Å². The number of nitrogens with one attached hydrogen (secondary N) is 2. The Balaban J connectivity index is 1.39. The van der Waals surface area contributed by atoms with E-state index in [-0.39, 0.29) is 24.6 Å². The number of rotatable bonds is 6. The highest BCUT2D eigenvalue weighted by molar-refractivity contribution is 6.19. The van der Waals surface area contributed by atoms with Crippen LogP contribution >= 0.6 is 0 Å². The van der Waals surface area contributed by atoms with E-state index in [4.69, 9.17) is 0 Å². The van der Waals surface area contributed by atoms with Gasteiger partial charge in [-0.05, 0) is 54.1 Å². The van der Waals surface area contributed by atoms with Gasteiger partial charge in [0, 0.05) is 18.4 Å². The fraction of sp³-hybridized carbons (Fsp3) is 0.130. The zero-order valence-corrected chi connectivity index (χ0v) is 18.0. The van der Waals surface area contributed by atoms with Crippen LogP contribution in [0.15, 0.2) is 72.9 Å². The molecule has 5 amide bonds. The van der Waals surface area contributed by atoms with E-state index in [2.05, 4.69) is 20.4 Å². The molecule has 2 N–H and O–H groups in total. The van der Waals surface area contributed by atoms with Crippen LogP contribution in [-0.4, -0.2) is 40.8 Å². The molecule has 2 heterocycles. The molecular weight excluding hydrogens is 467 g/mol. The lowest BCUT2D eigenvalue weighted by atomic mass is 10.2. The standard InChI is InChI=1S/C23H18F3N5O4/c24-23(25,26)35-18-8-6-17(7-9-18)31-20(32)14-30(22(31)34)13-15-10-11-27-19(12-15)29-21(33)28-16-4-2-1-3-5-16/h1-12H,13-14H2,(H2,27,28,29,33). The number of ether oxygens (including phenoxy) is 1. The topological polar surface area (TPSA) is 104 Å². The first-order valence-corrected chi connectivity index (χ1v) is 10.2. The zero-order chi connectivity index (χ0) is 25.0. The molecule has 180 valence electrons. The van der Waals surface area contributed by atoms with E-state index >= 15 is 0 Å². The van der Waals surface area contributed by atoms with Crippen LogP contribution in [-0.2, 0) is 11.3 Å². The average Bonchev–Trinajstić information content (AvgIpc) is 3.07. The summed E-state index contributed by atoms with van der Waals surface area (Å²) in [6.07, 6.45) is -3.40. The van der Waals surface area contributed by atoms with Crippen LogP contribution in [0.25, 0.3) is 0 Å². The predicted molar refractivity (Wildman–Crippen MR) is 120 cm³/mol. The van der Waals surface area contributed by atoms with E-state index in [9.17, 15) is 27.6 Å². The van der Waals surface area contributed by atoms with Crippen molar-refractivity contribution in [1.82, 2.24) is 9.88 Å². The molecule has 9 nitrogen and oxygen atoms in total. The van der Waals surface area contributed by atoms with Crippen LogP contribution in [0.2, 0.25) is 0 Å². The summed E-state index contributed by atoms with van der Waals surface area (Å²) >= 11 is 0. The number of pyridine rings is 1. The summed E-state index contributed by atoms with van der Waals surface area (Å²) < 4.78 is 40.8. The van der Waals surface area contributed by atoms with Crippen LogP contribution < -0.4 is 20.3 Å². The molecule has 0 atom stereocenters. The lowest BCUT2D eigenvalue weighted by molar-refractivity contribution is -0.274. The summed E-state index contributed by atoms with van der Waals surface area (Å²) in [4.78, 5) is 43.7. The summed E-state index contributed by atoms with van der Waals surface area (Å²) in [5.41, 5.74) is 1.32. The number of anilines is 3. The lowest BCUT2D eigenvalue weighted by Crippen LogP contribution is -2.32. The van der Waals surface area contributed by atoms with Gasteiger partial charge in [-0.1, -0.05) is 18.2 Å². The van der Waals surface area contributed by atoms with Gasteiger partial charge in [-0.15, -0.1) is 13.2 Å². The SMILES string of the molecule is O=C(Nc1ccccc1)Nc1cc(CN2CC(=O)N(c3ccc(OC(F)(F)F)cc3)C2=O)ccn1. The zero-order valence-electron chi connectivity index (χ0n) is 18.0. The fourth-order valence-electron chi connectivity index (χ4n) is 3.39. The summed E-state index contributed by atoms with van der Waals surface area (Å²) in [7, 11) is 0. The number of amides is 5. The quantitative estimate of drug-likeness (QED) is 0.497. The third kappa shape index (κ3) is 6.05. The Labute approximate surface area is 197 Å². The Morgan fingerprint density at radius 1 is 1.00 bits per heavy atom. The van der Waals surface area contributed by atoms with Gasteiger partial charge >= 0.3 is 18.4 Å². The van der Waals surface area contributed by atoms with E-state index in [1.165, 1.54) is 23.2 Å². The molecule has 0 bridgehead atoms. The second-order valence-electron chi connectivity index (χ2n) is 7.40. The Kier molecular flexibility index (Phi) is 6.53. The Hall–Kier alpha value is -4.61. The number of carbonyl (C=O) groups excluding carboxylic acids is 3. The van der Waals surface area contributed by atoms with Gasteiger partial charge < -0.3 is 15.0 Å². The molecule has 0 saturated carbocycles. The first-order valence-electron chi connectivity index (χ1n) is 10.2. The number of hydrogen-bond donors (Lipinski definition) is 2. The summed E-state index contributed by atoms with van der Waals surface area (Å²) in [6, 6.07) is 15.3. The van der Waals surface area contributed by atoms with Gasteiger partial charge in [-0.3, -0.25) is 10.1 Å². The number of carbonyl (C=O) groups is 3. The van der Waals surface area contributed by atoms with Gasteiger partial charge in [-0.25, -0.2) is 19.5 Å². The van der Waals surface area contributed by atoms with E-state index in [0.29, 0.717) is 11.3 Å².